The number of halogens is 2. The van der Waals surface area contributed by atoms with Crippen LogP contribution in [0.4, 0.5) is 5.69 Å². The zero-order valence-electron chi connectivity index (χ0n) is 19.2. The Morgan fingerprint density at radius 1 is 1.12 bits per heavy atom. The molecule has 0 aromatic heterocycles. The van der Waals surface area contributed by atoms with Gasteiger partial charge in [0.1, 0.15) is 5.54 Å². The Bertz CT molecular complexity index is 1040. The molecular formula is C26H31Cl2N3O2. The van der Waals surface area contributed by atoms with Crippen LogP contribution < -0.4 is 10.6 Å². The van der Waals surface area contributed by atoms with Gasteiger partial charge >= 0.3 is 0 Å². The summed E-state index contributed by atoms with van der Waals surface area (Å²) in [6.45, 7) is 4.17. The van der Waals surface area contributed by atoms with Crippen LogP contribution in [0.5, 0.6) is 0 Å². The maximum absolute atomic E-state index is 13.7. The van der Waals surface area contributed by atoms with E-state index in [0.717, 1.165) is 36.8 Å². The molecule has 2 N–H and O–H groups in total. The highest BCUT2D eigenvalue weighted by Gasteiger charge is 2.52. The van der Waals surface area contributed by atoms with E-state index in [1.165, 1.54) is 6.42 Å². The van der Waals surface area contributed by atoms with Crippen LogP contribution in [0.25, 0.3) is 0 Å². The van der Waals surface area contributed by atoms with Crippen molar-refractivity contribution in [3.05, 3.63) is 63.6 Å². The van der Waals surface area contributed by atoms with Gasteiger partial charge in [0.2, 0.25) is 11.8 Å². The molecule has 1 aliphatic carbocycles. The molecule has 1 unspecified atom stereocenters. The van der Waals surface area contributed by atoms with Gasteiger partial charge in [-0.1, -0.05) is 60.7 Å². The van der Waals surface area contributed by atoms with Crippen molar-refractivity contribution < 1.29 is 9.59 Å². The van der Waals surface area contributed by atoms with Gasteiger partial charge in [0.25, 0.3) is 0 Å². The molecule has 2 aromatic carbocycles. The molecule has 0 spiro atoms. The Hall–Kier alpha value is -2.08. The molecule has 1 atom stereocenters. The fraction of sp³-hybridized carbons (Fsp3) is 0.462. The normalized spacial score (nSPS) is 20.7. The number of nitrogens with one attached hydrogen (secondary N) is 2. The van der Waals surface area contributed by atoms with Crippen LogP contribution in [0.15, 0.2) is 42.5 Å². The zero-order chi connectivity index (χ0) is 23.6. The van der Waals surface area contributed by atoms with Crippen LogP contribution in [-0.4, -0.2) is 35.3 Å². The van der Waals surface area contributed by atoms with E-state index in [1.807, 2.05) is 49.1 Å². The number of nitrogens with zero attached hydrogens (tertiary/aromatic N) is 1. The Morgan fingerprint density at radius 3 is 2.55 bits per heavy atom. The summed E-state index contributed by atoms with van der Waals surface area (Å²) in [7, 11) is 0. The van der Waals surface area contributed by atoms with Gasteiger partial charge in [0.15, 0.2) is 0 Å². The third kappa shape index (κ3) is 5.06. The first-order valence-electron chi connectivity index (χ1n) is 11.7. The number of carbonyl (C=O) groups is 2. The molecule has 2 aromatic rings. The molecule has 1 aliphatic heterocycles. The molecule has 1 heterocycles. The molecule has 2 aliphatic rings. The maximum Gasteiger partial charge on any atom is 0.249 e. The summed E-state index contributed by atoms with van der Waals surface area (Å²) in [4.78, 5) is 28.9. The van der Waals surface area contributed by atoms with E-state index in [-0.39, 0.29) is 30.4 Å². The van der Waals surface area contributed by atoms with Crippen molar-refractivity contribution in [1.82, 2.24) is 10.2 Å². The molecule has 1 fully saturated rings. The highest BCUT2D eigenvalue weighted by atomic mass is 35.5. The van der Waals surface area contributed by atoms with Gasteiger partial charge in [-0.2, -0.15) is 0 Å². The molecule has 0 radical (unpaired) electrons. The van der Waals surface area contributed by atoms with Gasteiger partial charge in [-0.05, 0) is 56.5 Å². The third-order valence-electron chi connectivity index (χ3n) is 6.80. The Labute approximate surface area is 205 Å². The lowest BCUT2D eigenvalue weighted by atomic mass is 9.82. The van der Waals surface area contributed by atoms with Crippen molar-refractivity contribution in [2.24, 2.45) is 0 Å². The van der Waals surface area contributed by atoms with Crippen molar-refractivity contribution in [3.63, 3.8) is 0 Å². The Morgan fingerprint density at radius 2 is 1.85 bits per heavy atom. The Kier molecular flexibility index (Phi) is 7.32. The quantitative estimate of drug-likeness (QED) is 0.538. The molecule has 176 valence electrons. The largest absolute Gasteiger partial charge is 0.352 e. The average Bonchev–Trinajstić information content (AvgIpc) is 3.03. The summed E-state index contributed by atoms with van der Waals surface area (Å²) < 4.78 is 0. The Balaban J connectivity index is 1.72. The van der Waals surface area contributed by atoms with Crippen molar-refractivity contribution in [2.75, 3.05) is 11.9 Å². The van der Waals surface area contributed by atoms with Gasteiger partial charge in [-0.25, -0.2) is 0 Å². The van der Waals surface area contributed by atoms with Crippen LogP contribution in [0, 0.1) is 0 Å². The highest BCUT2D eigenvalue weighted by molar-refractivity contribution is 6.31. The van der Waals surface area contributed by atoms with Crippen LogP contribution in [0.2, 0.25) is 10.0 Å². The number of amides is 2. The summed E-state index contributed by atoms with van der Waals surface area (Å²) in [6, 6.07) is 13.2. The molecule has 33 heavy (non-hydrogen) atoms. The molecule has 5 nitrogen and oxygen atoms in total. The van der Waals surface area contributed by atoms with E-state index in [9.17, 15) is 9.59 Å². The van der Waals surface area contributed by atoms with Crippen molar-refractivity contribution >= 4 is 40.7 Å². The number of benzene rings is 2. The standard InChI is InChI=1S/C26H31Cl2N3O2/c1-17(2)31(16-24(32)29-21-9-4-3-5-10-21)26(15-18-7-6-8-19(27)13-18)22-12-11-20(28)14-23(22)30-25(26)33/h6-8,11-14,17,21H,3-5,9-10,15-16H2,1-2H3,(H,29,32)(H,30,33). The first-order chi connectivity index (χ1) is 15.8. The minimum Gasteiger partial charge on any atom is -0.352 e. The summed E-state index contributed by atoms with van der Waals surface area (Å²) in [5.74, 6) is -0.199. The number of fused-ring (bicyclic) bond motifs is 1. The van der Waals surface area contributed by atoms with Gasteiger partial charge in [0, 0.05) is 39.8 Å². The van der Waals surface area contributed by atoms with E-state index in [1.54, 1.807) is 12.1 Å². The van der Waals surface area contributed by atoms with Crippen molar-refractivity contribution in [1.29, 1.82) is 0 Å². The predicted molar refractivity (Wildman–Crippen MR) is 134 cm³/mol. The molecular weight excluding hydrogens is 457 g/mol. The topological polar surface area (TPSA) is 61.4 Å². The maximum atomic E-state index is 13.7. The van der Waals surface area contributed by atoms with Gasteiger partial charge < -0.3 is 10.6 Å². The fourth-order valence-corrected chi connectivity index (χ4v) is 5.65. The number of anilines is 1. The van der Waals surface area contributed by atoms with Crippen LogP contribution in [0.3, 0.4) is 0 Å². The zero-order valence-corrected chi connectivity index (χ0v) is 20.7. The van der Waals surface area contributed by atoms with E-state index >= 15 is 0 Å². The summed E-state index contributed by atoms with van der Waals surface area (Å²) in [5.41, 5.74) is 1.39. The lowest BCUT2D eigenvalue weighted by Crippen LogP contribution is -2.58. The van der Waals surface area contributed by atoms with Crippen molar-refractivity contribution in [3.8, 4) is 0 Å². The average molecular weight is 488 g/mol. The minimum absolute atomic E-state index is 0.0451. The van der Waals surface area contributed by atoms with Crippen LogP contribution >= 0.6 is 23.2 Å². The van der Waals surface area contributed by atoms with Crippen LogP contribution in [0.1, 0.15) is 57.1 Å². The van der Waals surface area contributed by atoms with E-state index in [0.29, 0.717) is 22.2 Å². The first kappa shape index (κ1) is 24.1. The predicted octanol–water partition coefficient (Wildman–Crippen LogP) is 5.54. The SMILES string of the molecule is CC(C)N(CC(=O)NC1CCCCC1)C1(Cc2cccc(Cl)c2)C(=O)Nc2cc(Cl)ccc21. The summed E-state index contributed by atoms with van der Waals surface area (Å²) in [6.07, 6.45) is 5.95. The lowest BCUT2D eigenvalue weighted by Gasteiger charge is -2.42. The molecule has 2 amide bonds. The van der Waals surface area contributed by atoms with Crippen LogP contribution in [-0.2, 0) is 21.5 Å². The molecule has 1 saturated carbocycles. The second kappa shape index (κ2) is 10.0. The van der Waals surface area contributed by atoms with Crippen molar-refractivity contribution in [2.45, 2.75) is 70.0 Å². The number of hydrogen-bond acceptors (Lipinski definition) is 3. The number of hydrogen-bond donors (Lipinski definition) is 2. The second-order valence-corrected chi connectivity index (χ2v) is 10.3. The summed E-state index contributed by atoms with van der Waals surface area (Å²) >= 11 is 12.5. The third-order valence-corrected chi connectivity index (χ3v) is 7.27. The highest BCUT2D eigenvalue weighted by Crippen LogP contribution is 2.45. The number of rotatable bonds is 7. The lowest BCUT2D eigenvalue weighted by molar-refractivity contribution is -0.134. The monoisotopic (exact) mass is 487 g/mol. The molecule has 0 bridgehead atoms. The smallest absolute Gasteiger partial charge is 0.249 e. The summed E-state index contributed by atoms with van der Waals surface area (Å²) in [5, 5.41) is 7.40. The fourth-order valence-electron chi connectivity index (χ4n) is 5.27. The molecule has 7 heteroatoms. The van der Waals surface area contributed by atoms with E-state index in [2.05, 4.69) is 10.6 Å². The van der Waals surface area contributed by atoms with Gasteiger partial charge in [0.05, 0.1) is 6.54 Å². The van der Waals surface area contributed by atoms with E-state index in [4.69, 9.17) is 23.2 Å². The van der Waals surface area contributed by atoms with E-state index < -0.39 is 5.54 Å². The molecule has 4 rings (SSSR count). The van der Waals surface area contributed by atoms with Gasteiger partial charge in [-0.3, -0.25) is 14.5 Å². The van der Waals surface area contributed by atoms with Gasteiger partial charge in [-0.15, -0.1) is 0 Å². The number of carbonyl (C=O) groups excluding carboxylic acids is 2. The minimum atomic E-state index is -1.05. The first-order valence-corrected chi connectivity index (χ1v) is 12.5. The second-order valence-electron chi connectivity index (χ2n) is 9.44. The molecule has 0 saturated heterocycles.